The molecule has 0 bridgehead atoms. The van der Waals surface area contributed by atoms with Crippen LogP contribution in [0.1, 0.15) is 105 Å². The lowest BCUT2D eigenvalue weighted by Crippen LogP contribution is -2.28. The maximum absolute atomic E-state index is 11.1. The average molecular weight is 417 g/mol. The Balaban J connectivity index is 3.86. The highest BCUT2D eigenvalue weighted by molar-refractivity contribution is 5.73. The minimum Gasteiger partial charge on any atom is -0.481 e. The molecule has 0 aliphatic carbocycles. The summed E-state index contributed by atoms with van der Waals surface area (Å²) in [5.41, 5.74) is -1.32. The molecule has 6 nitrogen and oxygen atoms in total. The molecule has 2 atom stereocenters. The fourth-order valence-corrected chi connectivity index (χ4v) is 3.41. The Labute approximate surface area is 177 Å². The van der Waals surface area contributed by atoms with E-state index in [1.54, 1.807) is 34.8 Å². The minimum atomic E-state index is -0.749. The van der Waals surface area contributed by atoms with Crippen LogP contribution in [0, 0.1) is 10.8 Å². The van der Waals surface area contributed by atoms with Crippen LogP contribution in [0.2, 0.25) is 0 Å². The molecule has 0 aliphatic rings. The Morgan fingerprint density at radius 1 is 0.724 bits per heavy atom. The number of aliphatic hydroxyl groups is 1. The molecule has 0 amide bonds. The van der Waals surface area contributed by atoms with Gasteiger partial charge in [-0.1, -0.05) is 51.4 Å². The van der Waals surface area contributed by atoms with Gasteiger partial charge in [0.25, 0.3) is 0 Å². The zero-order valence-corrected chi connectivity index (χ0v) is 19.2. The summed E-state index contributed by atoms with van der Waals surface area (Å²) in [5.74, 6) is -1.49. The van der Waals surface area contributed by atoms with Gasteiger partial charge in [0.05, 0.1) is 23.0 Å². The van der Waals surface area contributed by atoms with E-state index >= 15 is 0 Å². The number of rotatable bonds is 18. The number of carboxylic acid groups (broad SMARTS) is 2. The number of aliphatic hydroxyl groups excluding tert-OH is 1. The van der Waals surface area contributed by atoms with Crippen molar-refractivity contribution >= 4 is 11.9 Å². The molecule has 0 aromatic carbocycles. The minimum absolute atomic E-state index is 0.156. The van der Waals surface area contributed by atoms with Crippen LogP contribution in [-0.4, -0.2) is 46.6 Å². The van der Waals surface area contributed by atoms with Crippen molar-refractivity contribution in [2.24, 2.45) is 10.8 Å². The molecule has 6 heteroatoms. The number of methoxy groups -OCH3 is 1. The zero-order valence-electron chi connectivity index (χ0n) is 19.2. The van der Waals surface area contributed by atoms with Crippen molar-refractivity contribution < 1.29 is 29.6 Å². The second-order valence-corrected chi connectivity index (χ2v) is 9.63. The van der Waals surface area contributed by atoms with E-state index in [9.17, 15) is 14.7 Å². The van der Waals surface area contributed by atoms with Gasteiger partial charge in [0.1, 0.15) is 0 Å². The lowest BCUT2D eigenvalue weighted by Gasteiger charge is -2.22. The summed E-state index contributed by atoms with van der Waals surface area (Å²) in [6.45, 7) is 7.05. The van der Waals surface area contributed by atoms with Crippen molar-refractivity contribution in [1.29, 1.82) is 0 Å². The molecule has 172 valence electrons. The van der Waals surface area contributed by atoms with E-state index in [0.717, 1.165) is 57.8 Å². The SMILES string of the molecule is CO[C@H](CCCCCCC(C)(C)C(=O)O)[C@@H](O)CCCCCCC(C)(C)C(=O)O. The number of carboxylic acids is 2. The summed E-state index contributed by atoms with van der Waals surface area (Å²) in [6, 6.07) is 0. The van der Waals surface area contributed by atoms with E-state index in [1.807, 2.05) is 0 Å². The van der Waals surface area contributed by atoms with Gasteiger partial charge in [0.2, 0.25) is 0 Å². The van der Waals surface area contributed by atoms with Crippen LogP contribution in [0.15, 0.2) is 0 Å². The van der Waals surface area contributed by atoms with Gasteiger partial charge in [-0.3, -0.25) is 9.59 Å². The maximum atomic E-state index is 11.1. The number of hydrogen-bond acceptors (Lipinski definition) is 4. The lowest BCUT2D eigenvalue weighted by molar-refractivity contribution is -0.148. The summed E-state index contributed by atoms with van der Waals surface area (Å²) in [4.78, 5) is 22.2. The standard InChI is InChI=1S/C23H44O6/c1-22(2,20(25)26)16-12-8-6-10-14-18(24)19(29-5)15-11-7-9-13-17-23(3,4)21(27)28/h18-19,24H,6-17H2,1-5H3,(H,25,26)(H,27,28)/t18-,19+/m0/s1. The maximum Gasteiger partial charge on any atom is 0.309 e. The Hall–Kier alpha value is -1.14. The van der Waals surface area contributed by atoms with Crippen LogP contribution in [0.5, 0.6) is 0 Å². The number of hydrogen-bond donors (Lipinski definition) is 3. The third-order valence-electron chi connectivity index (χ3n) is 5.98. The van der Waals surface area contributed by atoms with Gasteiger partial charge in [-0.2, -0.15) is 0 Å². The highest BCUT2D eigenvalue weighted by Crippen LogP contribution is 2.25. The molecule has 0 unspecified atom stereocenters. The molecule has 0 fully saturated rings. The number of carbonyl (C=O) groups is 2. The number of unbranched alkanes of at least 4 members (excludes halogenated alkanes) is 6. The second-order valence-electron chi connectivity index (χ2n) is 9.63. The summed E-state index contributed by atoms with van der Waals surface area (Å²) in [5, 5.41) is 28.6. The van der Waals surface area contributed by atoms with Crippen LogP contribution < -0.4 is 0 Å². The fraction of sp³-hybridized carbons (Fsp3) is 0.913. The van der Waals surface area contributed by atoms with E-state index in [1.165, 1.54) is 0 Å². The molecular formula is C23H44O6. The van der Waals surface area contributed by atoms with Gasteiger partial charge in [0, 0.05) is 7.11 Å². The van der Waals surface area contributed by atoms with Crippen LogP contribution in [0.25, 0.3) is 0 Å². The average Bonchev–Trinajstić information content (AvgIpc) is 2.63. The van der Waals surface area contributed by atoms with Gasteiger partial charge >= 0.3 is 11.9 Å². The van der Waals surface area contributed by atoms with E-state index in [2.05, 4.69) is 0 Å². The first-order valence-corrected chi connectivity index (χ1v) is 11.1. The van der Waals surface area contributed by atoms with Gasteiger partial charge < -0.3 is 20.1 Å². The topological polar surface area (TPSA) is 104 Å². The molecule has 0 saturated carbocycles. The Kier molecular flexibility index (Phi) is 13.4. The van der Waals surface area contributed by atoms with Gasteiger partial charge in [-0.25, -0.2) is 0 Å². The van der Waals surface area contributed by atoms with E-state index in [-0.39, 0.29) is 6.10 Å². The molecule has 0 rings (SSSR count). The molecule has 0 radical (unpaired) electrons. The first-order valence-electron chi connectivity index (χ1n) is 11.1. The Morgan fingerprint density at radius 3 is 1.48 bits per heavy atom. The summed E-state index contributed by atoms with van der Waals surface area (Å²) in [7, 11) is 1.64. The predicted molar refractivity (Wildman–Crippen MR) is 115 cm³/mol. The van der Waals surface area contributed by atoms with Crippen LogP contribution in [-0.2, 0) is 14.3 Å². The third kappa shape index (κ3) is 12.2. The quantitative estimate of drug-likeness (QED) is 0.263. The Bertz CT molecular complexity index is 472. The van der Waals surface area contributed by atoms with Crippen LogP contribution >= 0.6 is 0 Å². The molecule has 0 aliphatic heterocycles. The largest absolute Gasteiger partial charge is 0.481 e. The van der Waals surface area contributed by atoms with Gasteiger partial charge in [-0.05, 0) is 53.4 Å². The molecule has 29 heavy (non-hydrogen) atoms. The highest BCUT2D eigenvalue weighted by Gasteiger charge is 2.27. The molecule has 0 aromatic heterocycles. The Morgan fingerprint density at radius 2 is 1.10 bits per heavy atom. The smallest absolute Gasteiger partial charge is 0.309 e. The number of aliphatic carboxylic acids is 2. The molecule has 3 N–H and O–H groups in total. The van der Waals surface area contributed by atoms with E-state index < -0.39 is 28.9 Å². The first kappa shape index (κ1) is 27.9. The lowest BCUT2D eigenvalue weighted by atomic mass is 9.87. The second kappa shape index (κ2) is 14.0. The molecular weight excluding hydrogens is 372 g/mol. The molecule has 0 spiro atoms. The van der Waals surface area contributed by atoms with Crippen LogP contribution in [0.4, 0.5) is 0 Å². The first-order chi connectivity index (χ1) is 13.4. The molecule has 0 aromatic rings. The highest BCUT2D eigenvalue weighted by atomic mass is 16.5. The number of ether oxygens (including phenoxy) is 1. The zero-order chi connectivity index (χ0) is 22.5. The monoisotopic (exact) mass is 416 g/mol. The van der Waals surface area contributed by atoms with E-state index in [0.29, 0.717) is 19.3 Å². The van der Waals surface area contributed by atoms with Crippen molar-refractivity contribution in [2.75, 3.05) is 7.11 Å². The molecule has 0 saturated heterocycles. The van der Waals surface area contributed by atoms with Crippen molar-refractivity contribution in [3.8, 4) is 0 Å². The van der Waals surface area contributed by atoms with E-state index in [4.69, 9.17) is 14.9 Å². The summed E-state index contributed by atoms with van der Waals surface area (Å²) < 4.78 is 5.46. The predicted octanol–water partition coefficient (Wildman–Crippen LogP) is 5.27. The van der Waals surface area contributed by atoms with Crippen molar-refractivity contribution in [1.82, 2.24) is 0 Å². The summed E-state index contributed by atoms with van der Waals surface area (Å²) in [6.07, 6.45) is 9.90. The van der Waals surface area contributed by atoms with Crippen LogP contribution in [0.3, 0.4) is 0 Å². The van der Waals surface area contributed by atoms with Gasteiger partial charge in [-0.15, -0.1) is 0 Å². The van der Waals surface area contributed by atoms with Crippen molar-refractivity contribution in [3.05, 3.63) is 0 Å². The van der Waals surface area contributed by atoms with Gasteiger partial charge in [0.15, 0.2) is 0 Å². The normalized spacial score (nSPS) is 14.6. The third-order valence-corrected chi connectivity index (χ3v) is 5.98. The summed E-state index contributed by atoms with van der Waals surface area (Å²) >= 11 is 0. The van der Waals surface area contributed by atoms with Crippen molar-refractivity contribution in [3.63, 3.8) is 0 Å². The molecule has 0 heterocycles. The van der Waals surface area contributed by atoms with Crippen molar-refractivity contribution in [2.45, 2.75) is 117 Å². The fourth-order valence-electron chi connectivity index (χ4n) is 3.41.